The number of pyridine rings is 2. The molecule has 0 aliphatic heterocycles. The van der Waals surface area contributed by atoms with Crippen molar-refractivity contribution < 1.29 is 9.53 Å². The predicted molar refractivity (Wildman–Crippen MR) is 96.2 cm³/mol. The molecule has 7 nitrogen and oxygen atoms in total. The van der Waals surface area contributed by atoms with Gasteiger partial charge in [0.25, 0.3) is 0 Å². The Hall–Kier alpha value is -2.67. The Bertz CT molecular complexity index is 664. The molecule has 2 heterocycles. The number of hydrogen-bond donors (Lipinski definition) is 1. The molecule has 0 spiro atoms. The number of amides is 2. The van der Waals surface area contributed by atoms with Crippen LogP contribution in [-0.4, -0.2) is 60.1 Å². The molecule has 0 aromatic carbocycles. The van der Waals surface area contributed by atoms with Gasteiger partial charge in [-0.3, -0.25) is 4.98 Å². The van der Waals surface area contributed by atoms with Crippen LogP contribution in [0.5, 0.6) is 5.88 Å². The topological polar surface area (TPSA) is 70.6 Å². The molecule has 1 N–H and O–H groups in total. The minimum atomic E-state index is -0.128. The smallest absolute Gasteiger partial charge is 0.318 e. The molecule has 2 rings (SSSR count). The van der Waals surface area contributed by atoms with E-state index in [2.05, 4.69) is 15.3 Å². The van der Waals surface area contributed by atoms with Crippen LogP contribution in [0.3, 0.4) is 0 Å². The van der Waals surface area contributed by atoms with Gasteiger partial charge in [-0.2, -0.15) is 0 Å². The Morgan fingerprint density at radius 2 is 2.00 bits per heavy atom. The normalized spacial score (nSPS) is 10.6. The van der Waals surface area contributed by atoms with Crippen molar-refractivity contribution >= 4 is 6.03 Å². The third kappa shape index (κ3) is 6.04. The first kappa shape index (κ1) is 18.7. The maximum Gasteiger partial charge on any atom is 0.318 e. The summed E-state index contributed by atoms with van der Waals surface area (Å²) in [5.41, 5.74) is 1.84. The first-order valence-corrected chi connectivity index (χ1v) is 8.14. The van der Waals surface area contributed by atoms with Crippen LogP contribution in [0.1, 0.15) is 11.1 Å². The van der Waals surface area contributed by atoms with E-state index < -0.39 is 0 Å². The molecule has 0 aliphatic carbocycles. The summed E-state index contributed by atoms with van der Waals surface area (Å²) in [5.74, 6) is 0.523. The Morgan fingerprint density at radius 1 is 1.20 bits per heavy atom. The molecule has 0 atom stereocenters. The monoisotopic (exact) mass is 343 g/mol. The van der Waals surface area contributed by atoms with E-state index >= 15 is 0 Å². The third-order valence-electron chi connectivity index (χ3n) is 3.67. The molecule has 0 saturated heterocycles. The van der Waals surface area contributed by atoms with E-state index in [0.29, 0.717) is 25.5 Å². The van der Waals surface area contributed by atoms with Gasteiger partial charge in [-0.1, -0.05) is 12.1 Å². The highest BCUT2D eigenvalue weighted by molar-refractivity contribution is 5.74. The summed E-state index contributed by atoms with van der Waals surface area (Å²) < 4.78 is 5.22. The average Bonchev–Trinajstić information content (AvgIpc) is 2.64. The first-order chi connectivity index (χ1) is 12.1. The number of hydrogen-bond acceptors (Lipinski definition) is 5. The molecule has 2 aromatic rings. The summed E-state index contributed by atoms with van der Waals surface area (Å²) >= 11 is 0. The van der Waals surface area contributed by atoms with Gasteiger partial charge in [-0.15, -0.1) is 0 Å². The zero-order valence-corrected chi connectivity index (χ0v) is 15.0. The van der Waals surface area contributed by atoms with Gasteiger partial charge < -0.3 is 19.9 Å². The molecule has 7 heteroatoms. The van der Waals surface area contributed by atoms with Crippen molar-refractivity contribution in [2.75, 3.05) is 34.3 Å². The van der Waals surface area contributed by atoms with E-state index in [-0.39, 0.29) is 6.03 Å². The summed E-state index contributed by atoms with van der Waals surface area (Å²) in [4.78, 5) is 24.7. The van der Waals surface area contributed by atoms with Gasteiger partial charge >= 0.3 is 6.03 Å². The zero-order valence-electron chi connectivity index (χ0n) is 15.0. The molecule has 0 bridgehead atoms. The molecule has 0 unspecified atom stereocenters. The van der Waals surface area contributed by atoms with Crippen molar-refractivity contribution in [3.8, 4) is 5.88 Å². The van der Waals surface area contributed by atoms with E-state index in [0.717, 1.165) is 17.7 Å². The lowest BCUT2D eigenvalue weighted by Crippen LogP contribution is -2.42. The predicted octanol–water partition coefficient (Wildman–Crippen LogP) is 1.76. The van der Waals surface area contributed by atoms with Crippen molar-refractivity contribution in [2.45, 2.75) is 13.1 Å². The fourth-order valence-corrected chi connectivity index (χ4v) is 2.31. The zero-order chi connectivity index (χ0) is 18.1. The average molecular weight is 343 g/mol. The van der Waals surface area contributed by atoms with Crippen LogP contribution in [0.2, 0.25) is 0 Å². The van der Waals surface area contributed by atoms with E-state index in [1.807, 2.05) is 43.3 Å². The SMILES string of the molecule is COc1ncccc1CNC(=O)N(CCN(C)C)Cc1cccnc1. The van der Waals surface area contributed by atoms with Crippen molar-refractivity contribution in [2.24, 2.45) is 0 Å². The van der Waals surface area contributed by atoms with Crippen molar-refractivity contribution in [1.29, 1.82) is 0 Å². The molecule has 0 aliphatic rings. The van der Waals surface area contributed by atoms with Crippen LogP contribution in [0, 0.1) is 0 Å². The van der Waals surface area contributed by atoms with Crippen molar-refractivity contribution in [3.63, 3.8) is 0 Å². The maximum atomic E-state index is 12.6. The fraction of sp³-hybridized carbons (Fsp3) is 0.389. The molecule has 2 aromatic heterocycles. The lowest BCUT2D eigenvalue weighted by atomic mass is 10.2. The van der Waals surface area contributed by atoms with E-state index in [9.17, 15) is 4.79 Å². The molecule has 25 heavy (non-hydrogen) atoms. The summed E-state index contributed by atoms with van der Waals surface area (Å²) in [6.45, 7) is 2.28. The van der Waals surface area contributed by atoms with Gasteiger partial charge in [0.05, 0.1) is 7.11 Å². The summed E-state index contributed by atoms with van der Waals surface area (Å²) in [7, 11) is 5.54. The lowest BCUT2D eigenvalue weighted by molar-refractivity contribution is 0.188. The van der Waals surface area contributed by atoms with Crippen molar-refractivity contribution in [1.82, 2.24) is 25.1 Å². The minimum Gasteiger partial charge on any atom is -0.481 e. The van der Waals surface area contributed by atoms with Crippen molar-refractivity contribution in [3.05, 3.63) is 54.0 Å². The quantitative estimate of drug-likeness (QED) is 0.791. The fourth-order valence-electron chi connectivity index (χ4n) is 2.31. The second-order valence-corrected chi connectivity index (χ2v) is 5.92. The Kier molecular flexibility index (Phi) is 7.16. The van der Waals surface area contributed by atoms with Gasteiger partial charge in [0, 0.05) is 50.3 Å². The van der Waals surface area contributed by atoms with Crippen LogP contribution in [0.25, 0.3) is 0 Å². The van der Waals surface area contributed by atoms with Gasteiger partial charge in [0.15, 0.2) is 0 Å². The second kappa shape index (κ2) is 9.58. The number of rotatable bonds is 8. The maximum absolute atomic E-state index is 12.6. The van der Waals surface area contributed by atoms with Gasteiger partial charge in [-0.05, 0) is 31.8 Å². The minimum absolute atomic E-state index is 0.128. The van der Waals surface area contributed by atoms with Gasteiger partial charge in [-0.25, -0.2) is 9.78 Å². The Labute approximate surface area is 148 Å². The highest BCUT2D eigenvalue weighted by Gasteiger charge is 2.15. The summed E-state index contributed by atoms with van der Waals surface area (Å²) in [5, 5.41) is 2.95. The van der Waals surface area contributed by atoms with E-state index in [1.54, 1.807) is 30.6 Å². The van der Waals surface area contributed by atoms with E-state index in [1.165, 1.54) is 0 Å². The van der Waals surface area contributed by atoms with Crippen LogP contribution < -0.4 is 10.1 Å². The second-order valence-electron chi connectivity index (χ2n) is 5.92. The lowest BCUT2D eigenvalue weighted by Gasteiger charge is -2.25. The molecular formula is C18H25N5O2. The van der Waals surface area contributed by atoms with Crippen LogP contribution in [0.4, 0.5) is 4.79 Å². The molecule has 2 amide bonds. The van der Waals surface area contributed by atoms with Crippen LogP contribution in [0.15, 0.2) is 42.9 Å². The number of urea groups is 1. The highest BCUT2D eigenvalue weighted by atomic mass is 16.5. The van der Waals surface area contributed by atoms with Crippen LogP contribution >= 0.6 is 0 Å². The van der Waals surface area contributed by atoms with Gasteiger partial charge in [0.2, 0.25) is 5.88 Å². The highest BCUT2D eigenvalue weighted by Crippen LogP contribution is 2.13. The molecule has 134 valence electrons. The summed E-state index contributed by atoms with van der Waals surface area (Å²) in [6.07, 6.45) is 5.17. The number of nitrogens with one attached hydrogen (secondary N) is 1. The standard InChI is InChI=1S/C18H25N5O2/c1-22(2)10-11-23(14-15-6-4-8-19-12-15)18(24)21-13-16-7-5-9-20-17(16)25-3/h4-9,12H,10-11,13-14H2,1-3H3,(H,21,24). The Balaban J connectivity index is 2.01. The number of aromatic nitrogens is 2. The Morgan fingerprint density at radius 3 is 2.68 bits per heavy atom. The first-order valence-electron chi connectivity index (χ1n) is 8.14. The number of likely N-dealkylation sites (N-methyl/N-ethyl adjacent to an activating group) is 1. The number of nitrogens with zero attached hydrogens (tertiary/aromatic N) is 4. The van der Waals surface area contributed by atoms with E-state index in [4.69, 9.17) is 4.74 Å². The molecule has 0 radical (unpaired) electrons. The third-order valence-corrected chi connectivity index (χ3v) is 3.67. The number of carbonyl (C=O) groups excluding carboxylic acids is 1. The number of carbonyl (C=O) groups is 1. The number of methoxy groups -OCH3 is 1. The summed E-state index contributed by atoms with van der Waals surface area (Å²) in [6, 6.07) is 7.42. The number of ether oxygens (including phenoxy) is 1. The molecule has 0 saturated carbocycles. The molecule has 0 fully saturated rings. The van der Waals surface area contributed by atoms with Gasteiger partial charge in [0.1, 0.15) is 0 Å². The van der Waals surface area contributed by atoms with Crippen LogP contribution in [-0.2, 0) is 13.1 Å². The molecular weight excluding hydrogens is 318 g/mol. The largest absolute Gasteiger partial charge is 0.481 e.